The summed E-state index contributed by atoms with van der Waals surface area (Å²) in [6.45, 7) is 18.5. The minimum absolute atomic E-state index is 0. The van der Waals surface area contributed by atoms with E-state index < -0.39 is 0 Å². The Bertz CT molecular complexity index is 206. The molecule has 0 aliphatic carbocycles. The van der Waals surface area contributed by atoms with Crippen LogP contribution < -0.4 is 12.4 Å². The van der Waals surface area contributed by atoms with Crippen molar-refractivity contribution in [3.63, 3.8) is 0 Å². The van der Waals surface area contributed by atoms with Crippen LogP contribution in [0.3, 0.4) is 0 Å². The molecule has 0 spiro atoms. The van der Waals surface area contributed by atoms with Crippen LogP contribution in [0.5, 0.6) is 0 Å². The van der Waals surface area contributed by atoms with Gasteiger partial charge in [-0.2, -0.15) is 0 Å². The minimum Gasteiger partial charge on any atom is -1.00 e. The Morgan fingerprint density at radius 2 is 1.09 bits per heavy atom. The number of halogens is 1. The molecule has 0 fully saturated rings. The van der Waals surface area contributed by atoms with E-state index in [1.54, 1.807) is 0 Å². The molecule has 1 nitrogen and oxygen atoms in total. The molecule has 0 heterocycles. The van der Waals surface area contributed by atoms with Crippen LogP contribution in [0.2, 0.25) is 0 Å². The normalized spacial score (nSPS) is 13.2. The van der Waals surface area contributed by atoms with Crippen molar-refractivity contribution in [3.8, 4) is 0 Å². The molecule has 0 aliphatic heterocycles. The van der Waals surface area contributed by atoms with Crippen molar-refractivity contribution in [2.24, 2.45) is 5.92 Å². The Kier molecular flexibility index (Phi) is 16.5. The van der Waals surface area contributed by atoms with Gasteiger partial charge in [0.1, 0.15) is 0 Å². The molecule has 0 aliphatic rings. The highest BCUT2D eigenvalue weighted by Crippen LogP contribution is 2.27. The Labute approximate surface area is 148 Å². The molecule has 0 aromatic carbocycles. The fourth-order valence-corrected chi connectivity index (χ4v) is 3.79. The van der Waals surface area contributed by atoms with E-state index in [1.165, 1.54) is 81.9 Å². The topological polar surface area (TPSA) is 0 Å². The maximum atomic E-state index is 2.41. The molecule has 0 aromatic rings. The second-order valence-electron chi connectivity index (χ2n) is 7.52. The molecule has 2 heteroatoms. The van der Waals surface area contributed by atoms with Gasteiger partial charge in [-0.25, -0.2) is 0 Å². The lowest BCUT2D eigenvalue weighted by Crippen LogP contribution is -3.00. The summed E-state index contributed by atoms with van der Waals surface area (Å²) < 4.78 is 1.43. The Morgan fingerprint density at radius 1 is 0.682 bits per heavy atom. The predicted octanol–water partition coefficient (Wildman–Crippen LogP) is 3.42. The first-order valence-corrected chi connectivity index (χ1v) is 9.91. The molecule has 0 bridgehead atoms. The van der Waals surface area contributed by atoms with Crippen LogP contribution in [-0.4, -0.2) is 30.2 Å². The highest BCUT2D eigenvalue weighted by atomic mass is 35.5. The van der Waals surface area contributed by atoms with Gasteiger partial charge in [-0.15, -0.1) is 0 Å². The zero-order valence-corrected chi connectivity index (χ0v) is 17.2. The largest absolute Gasteiger partial charge is 1.00 e. The maximum absolute atomic E-state index is 2.41. The van der Waals surface area contributed by atoms with Gasteiger partial charge >= 0.3 is 0 Å². The number of hydrogen-bond donors (Lipinski definition) is 0. The van der Waals surface area contributed by atoms with Crippen LogP contribution in [0.1, 0.15) is 99.3 Å². The predicted molar refractivity (Wildman–Crippen MR) is 97.7 cm³/mol. The van der Waals surface area contributed by atoms with E-state index in [9.17, 15) is 0 Å². The number of quaternary nitrogens is 1. The van der Waals surface area contributed by atoms with E-state index in [1.807, 2.05) is 0 Å². The van der Waals surface area contributed by atoms with Crippen LogP contribution in [0.15, 0.2) is 0 Å². The van der Waals surface area contributed by atoms with Gasteiger partial charge in [0.2, 0.25) is 0 Å². The van der Waals surface area contributed by atoms with Crippen LogP contribution in [-0.2, 0) is 0 Å². The molecular weight excluding hydrogens is 290 g/mol. The molecule has 0 saturated carbocycles. The lowest BCUT2D eigenvalue weighted by molar-refractivity contribution is -0.953. The van der Waals surface area contributed by atoms with Crippen molar-refractivity contribution in [1.82, 2.24) is 0 Å². The monoisotopic (exact) mass is 333 g/mol. The van der Waals surface area contributed by atoms with Crippen LogP contribution in [0, 0.1) is 5.92 Å². The number of unbranched alkanes of at least 4 members (excludes halogenated alkanes) is 3. The molecule has 0 rings (SSSR count). The van der Waals surface area contributed by atoms with Crippen molar-refractivity contribution in [2.45, 2.75) is 105 Å². The van der Waals surface area contributed by atoms with E-state index in [0.717, 1.165) is 12.0 Å². The molecule has 22 heavy (non-hydrogen) atoms. The molecule has 1 unspecified atom stereocenters. The highest BCUT2D eigenvalue weighted by Gasteiger charge is 2.35. The molecular formula is C20H44ClN. The molecule has 136 valence electrons. The minimum atomic E-state index is 0. The van der Waals surface area contributed by atoms with E-state index in [4.69, 9.17) is 0 Å². The lowest BCUT2D eigenvalue weighted by atomic mass is 9.94. The Balaban J connectivity index is 0. The molecule has 0 radical (unpaired) electrons. The van der Waals surface area contributed by atoms with E-state index in [0.29, 0.717) is 0 Å². The van der Waals surface area contributed by atoms with Gasteiger partial charge in [0.15, 0.2) is 0 Å². The van der Waals surface area contributed by atoms with Gasteiger partial charge in [0, 0.05) is 6.42 Å². The lowest BCUT2D eigenvalue weighted by Gasteiger charge is -2.46. The van der Waals surface area contributed by atoms with E-state index >= 15 is 0 Å². The highest BCUT2D eigenvalue weighted by molar-refractivity contribution is 4.65. The number of nitrogens with zero attached hydrogens (tertiary/aromatic N) is 1. The van der Waals surface area contributed by atoms with Crippen LogP contribution in [0.25, 0.3) is 0 Å². The van der Waals surface area contributed by atoms with Gasteiger partial charge in [-0.3, -0.25) is 0 Å². The standard InChI is InChI=1S/C20H44N.ClH/c1-7-11-15-21(16-12-8-2,17-13-9-3)20(14-10-4)18-19(5)6;/h19-20H,7-18H2,1-6H3;1H/q+1;/p-1. The zero-order valence-electron chi connectivity index (χ0n) is 16.5. The summed E-state index contributed by atoms with van der Waals surface area (Å²) in [6.07, 6.45) is 12.5. The van der Waals surface area contributed by atoms with Gasteiger partial charge in [0.05, 0.1) is 25.7 Å². The van der Waals surface area contributed by atoms with Crippen molar-refractivity contribution < 1.29 is 16.9 Å². The van der Waals surface area contributed by atoms with Crippen molar-refractivity contribution in [1.29, 1.82) is 0 Å². The summed E-state index contributed by atoms with van der Waals surface area (Å²) in [5, 5.41) is 0. The van der Waals surface area contributed by atoms with Crippen molar-refractivity contribution in [2.75, 3.05) is 19.6 Å². The van der Waals surface area contributed by atoms with E-state index in [-0.39, 0.29) is 12.4 Å². The average molecular weight is 334 g/mol. The third-order valence-electron chi connectivity index (χ3n) is 5.01. The second-order valence-corrected chi connectivity index (χ2v) is 7.52. The fraction of sp³-hybridized carbons (Fsp3) is 1.00. The first kappa shape index (κ1) is 24.5. The maximum Gasteiger partial charge on any atom is 0.0892 e. The second kappa shape index (κ2) is 14.8. The van der Waals surface area contributed by atoms with Crippen LogP contribution in [0.4, 0.5) is 0 Å². The SMILES string of the molecule is CCCC[N+](CCCC)(CCCC)C(CCC)CC(C)C.[Cl-]. The zero-order chi connectivity index (χ0) is 16.1. The number of hydrogen-bond acceptors (Lipinski definition) is 0. The van der Waals surface area contributed by atoms with Crippen LogP contribution >= 0.6 is 0 Å². The summed E-state index contributed by atoms with van der Waals surface area (Å²) in [4.78, 5) is 0. The molecule has 0 aromatic heterocycles. The summed E-state index contributed by atoms with van der Waals surface area (Å²) in [7, 11) is 0. The van der Waals surface area contributed by atoms with Gasteiger partial charge in [0.25, 0.3) is 0 Å². The molecule has 0 saturated heterocycles. The first-order chi connectivity index (χ1) is 10.1. The van der Waals surface area contributed by atoms with E-state index in [2.05, 4.69) is 41.5 Å². The van der Waals surface area contributed by atoms with Crippen molar-refractivity contribution >= 4 is 0 Å². The quantitative estimate of drug-likeness (QED) is 0.427. The average Bonchev–Trinajstić information content (AvgIpc) is 2.46. The van der Waals surface area contributed by atoms with Gasteiger partial charge < -0.3 is 16.9 Å². The summed E-state index contributed by atoms with van der Waals surface area (Å²) in [5.41, 5.74) is 0. The van der Waals surface area contributed by atoms with Gasteiger partial charge in [-0.1, -0.05) is 67.2 Å². The third kappa shape index (κ3) is 9.40. The van der Waals surface area contributed by atoms with Crippen molar-refractivity contribution in [3.05, 3.63) is 0 Å². The smallest absolute Gasteiger partial charge is 0.0892 e. The summed E-state index contributed by atoms with van der Waals surface area (Å²) >= 11 is 0. The third-order valence-corrected chi connectivity index (χ3v) is 5.01. The molecule has 0 N–H and O–H groups in total. The Morgan fingerprint density at radius 3 is 1.36 bits per heavy atom. The fourth-order valence-electron chi connectivity index (χ4n) is 3.79. The molecule has 1 atom stereocenters. The summed E-state index contributed by atoms with van der Waals surface area (Å²) in [6, 6.07) is 0.902. The Hall–Kier alpha value is 0.250. The first-order valence-electron chi connectivity index (χ1n) is 9.91. The number of rotatable bonds is 14. The molecule has 0 amide bonds. The summed E-state index contributed by atoms with van der Waals surface area (Å²) in [5.74, 6) is 0.837. The van der Waals surface area contributed by atoms with Gasteiger partial charge in [-0.05, 0) is 31.6 Å².